The molecule has 0 spiro atoms. The third-order valence-electron chi connectivity index (χ3n) is 5.03. The number of benzene rings is 3. The van der Waals surface area contributed by atoms with Crippen molar-refractivity contribution in [2.24, 2.45) is 0 Å². The summed E-state index contributed by atoms with van der Waals surface area (Å²) in [6, 6.07) is 17.9. The fourth-order valence-corrected chi connectivity index (χ4v) is 5.19. The number of fused-ring (bicyclic) bond motifs is 1. The Kier molecular flexibility index (Phi) is 6.11. The van der Waals surface area contributed by atoms with Gasteiger partial charge in [-0.05, 0) is 34.1 Å². The topological polar surface area (TPSA) is 99.6 Å². The lowest BCUT2D eigenvalue weighted by Crippen LogP contribution is -2.25. The van der Waals surface area contributed by atoms with Crippen LogP contribution in [0.25, 0.3) is 39.5 Å². The van der Waals surface area contributed by atoms with E-state index in [1.807, 2.05) is 36.4 Å². The third kappa shape index (κ3) is 3.98. The van der Waals surface area contributed by atoms with Crippen molar-refractivity contribution >= 4 is 71.8 Å². The maximum atomic E-state index is 13.7. The summed E-state index contributed by atoms with van der Waals surface area (Å²) in [7, 11) is 0. The molecule has 168 valence electrons. The molecule has 0 unspecified atom stereocenters. The maximum Gasteiger partial charge on any atom is 0.268 e. The van der Waals surface area contributed by atoms with Gasteiger partial charge in [0, 0.05) is 20.1 Å². The number of nitrogens with two attached hydrogens (primary N) is 1. The first-order chi connectivity index (χ1) is 16.3. The van der Waals surface area contributed by atoms with Crippen LogP contribution in [0.4, 0.5) is 5.82 Å². The van der Waals surface area contributed by atoms with Crippen LogP contribution in [-0.2, 0) is 0 Å². The molecule has 0 atom stereocenters. The Labute approximate surface area is 219 Å². The predicted octanol–water partition coefficient (Wildman–Crippen LogP) is 6.32. The normalized spacial score (nSPS) is 11.2. The van der Waals surface area contributed by atoms with Crippen molar-refractivity contribution in [2.75, 3.05) is 5.73 Å². The van der Waals surface area contributed by atoms with Gasteiger partial charge in [-0.2, -0.15) is 4.98 Å². The highest BCUT2D eigenvalue weighted by Crippen LogP contribution is 2.34. The summed E-state index contributed by atoms with van der Waals surface area (Å²) in [5, 5.41) is 9.44. The quantitative estimate of drug-likeness (QED) is 0.254. The summed E-state index contributed by atoms with van der Waals surface area (Å²) in [4.78, 5) is 22.8. The fraction of sp³-hybridized carbons (Fsp3) is 0. The molecule has 7 nitrogen and oxygen atoms in total. The Morgan fingerprint density at radius 3 is 2.41 bits per heavy atom. The summed E-state index contributed by atoms with van der Waals surface area (Å²) >= 11 is 19.4. The molecule has 5 aromatic rings. The lowest BCUT2D eigenvalue weighted by molar-refractivity contribution is 0.834. The molecule has 0 aliphatic carbocycles. The molecule has 3 aromatic carbocycles. The van der Waals surface area contributed by atoms with E-state index in [-0.39, 0.29) is 28.0 Å². The first-order valence-electron chi connectivity index (χ1n) is 9.77. The van der Waals surface area contributed by atoms with Crippen LogP contribution in [-0.4, -0.2) is 24.7 Å². The van der Waals surface area contributed by atoms with Crippen molar-refractivity contribution in [1.82, 2.24) is 24.7 Å². The maximum absolute atomic E-state index is 13.7. The third-order valence-corrected chi connectivity index (χ3v) is 6.91. The highest BCUT2D eigenvalue weighted by Gasteiger charge is 2.21. The molecule has 0 radical (unpaired) electrons. The number of halogens is 4. The highest BCUT2D eigenvalue weighted by atomic mass is 79.9. The molecule has 0 aliphatic heterocycles. The highest BCUT2D eigenvalue weighted by molar-refractivity contribution is 9.11. The van der Waals surface area contributed by atoms with Gasteiger partial charge in [-0.15, -0.1) is 10.2 Å². The van der Waals surface area contributed by atoms with Crippen LogP contribution in [0.2, 0.25) is 10.0 Å². The van der Waals surface area contributed by atoms with Crippen molar-refractivity contribution in [2.45, 2.75) is 0 Å². The second kappa shape index (κ2) is 9.07. The molecule has 2 heterocycles. The van der Waals surface area contributed by atoms with E-state index in [9.17, 15) is 4.79 Å². The van der Waals surface area contributed by atoms with Crippen LogP contribution in [0.1, 0.15) is 0 Å². The van der Waals surface area contributed by atoms with E-state index in [0.717, 1.165) is 0 Å². The summed E-state index contributed by atoms with van der Waals surface area (Å²) < 4.78 is 2.68. The molecular formula is C23H12Br2Cl2N6O. The van der Waals surface area contributed by atoms with Crippen LogP contribution in [0.15, 0.2) is 74.4 Å². The van der Waals surface area contributed by atoms with E-state index >= 15 is 0 Å². The molecular weight excluding hydrogens is 607 g/mol. The van der Waals surface area contributed by atoms with Gasteiger partial charge in [0.1, 0.15) is 5.69 Å². The second-order valence-electron chi connectivity index (χ2n) is 7.17. The molecule has 2 N–H and O–H groups in total. The van der Waals surface area contributed by atoms with Gasteiger partial charge in [0.05, 0.1) is 20.9 Å². The van der Waals surface area contributed by atoms with Gasteiger partial charge in [0.2, 0.25) is 0 Å². The van der Waals surface area contributed by atoms with Gasteiger partial charge >= 0.3 is 0 Å². The van der Waals surface area contributed by atoms with E-state index in [0.29, 0.717) is 41.8 Å². The number of anilines is 1. The average molecular weight is 619 g/mol. The van der Waals surface area contributed by atoms with Gasteiger partial charge in [-0.25, -0.2) is 9.55 Å². The Bertz CT molecular complexity index is 1640. The second-order valence-corrected chi connectivity index (χ2v) is 9.73. The van der Waals surface area contributed by atoms with E-state index in [4.69, 9.17) is 33.9 Å². The Morgan fingerprint density at radius 2 is 1.68 bits per heavy atom. The van der Waals surface area contributed by atoms with Crippen molar-refractivity contribution < 1.29 is 0 Å². The molecule has 5 rings (SSSR count). The van der Waals surface area contributed by atoms with Gasteiger partial charge < -0.3 is 5.73 Å². The average Bonchev–Trinajstić information content (AvgIpc) is 2.82. The minimum Gasteiger partial charge on any atom is -0.382 e. The van der Waals surface area contributed by atoms with Crippen LogP contribution >= 0.6 is 55.1 Å². The van der Waals surface area contributed by atoms with Crippen LogP contribution in [0.5, 0.6) is 0 Å². The van der Waals surface area contributed by atoms with E-state index < -0.39 is 0 Å². The minimum atomic E-state index is -0.374. The Hall–Kier alpha value is -2.85. The van der Waals surface area contributed by atoms with Gasteiger partial charge in [0.25, 0.3) is 11.5 Å². The summed E-state index contributed by atoms with van der Waals surface area (Å²) in [6.45, 7) is 0. The van der Waals surface area contributed by atoms with E-state index in [1.165, 1.54) is 4.57 Å². The van der Waals surface area contributed by atoms with Crippen LogP contribution in [0, 0.1) is 0 Å². The molecule has 2 aromatic heterocycles. The van der Waals surface area contributed by atoms with Crippen molar-refractivity contribution in [1.29, 1.82) is 0 Å². The summed E-state index contributed by atoms with van der Waals surface area (Å²) in [6.07, 6.45) is 0. The lowest BCUT2D eigenvalue weighted by atomic mass is 10.1. The Balaban J connectivity index is 1.80. The number of aromatic nitrogens is 5. The van der Waals surface area contributed by atoms with E-state index in [2.05, 4.69) is 47.0 Å². The number of rotatable bonds is 3. The predicted molar refractivity (Wildman–Crippen MR) is 141 cm³/mol. The zero-order valence-corrected chi connectivity index (χ0v) is 21.7. The smallest absolute Gasteiger partial charge is 0.268 e. The van der Waals surface area contributed by atoms with Gasteiger partial charge in [0.15, 0.2) is 11.6 Å². The lowest BCUT2D eigenvalue weighted by Gasteiger charge is -2.14. The number of hydrogen-bond donors (Lipinski definition) is 1. The van der Waals surface area contributed by atoms with Crippen molar-refractivity contribution in [3.8, 4) is 28.6 Å². The number of nitrogen functional groups attached to an aromatic ring is 1. The zero-order chi connectivity index (χ0) is 24.0. The molecule has 0 saturated carbocycles. The first kappa shape index (κ1) is 22.9. The molecule has 0 amide bonds. The molecule has 0 aliphatic rings. The van der Waals surface area contributed by atoms with Crippen molar-refractivity contribution in [3.05, 3.63) is 90.0 Å². The monoisotopic (exact) mass is 616 g/mol. The SMILES string of the molecule is Nc1nc(-n2c(-c3ccccc3)nc3c(Br)cc(Br)cc3c2=O)nnc1-c1cccc(Cl)c1Cl. The first-order valence-corrected chi connectivity index (χ1v) is 12.1. The van der Waals surface area contributed by atoms with Gasteiger partial charge in [-0.3, -0.25) is 4.79 Å². The van der Waals surface area contributed by atoms with Crippen LogP contribution < -0.4 is 11.3 Å². The Morgan fingerprint density at radius 1 is 0.912 bits per heavy atom. The molecule has 34 heavy (non-hydrogen) atoms. The number of nitrogens with zero attached hydrogens (tertiary/aromatic N) is 5. The molecule has 0 bridgehead atoms. The number of hydrogen-bond acceptors (Lipinski definition) is 6. The fourth-order valence-electron chi connectivity index (χ4n) is 3.48. The van der Waals surface area contributed by atoms with Crippen LogP contribution in [0.3, 0.4) is 0 Å². The molecule has 0 saturated heterocycles. The minimum absolute atomic E-state index is 0.0197. The van der Waals surface area contributed by atoms with E-state index in [1.54, 1.807) is 24.3 Å². The molecule has 11 heteroatoms. The van der Waals surface area contributed by atoms with Gasteiger partial charge in [-0.1, -0.05) is 81.6 Å². The van der Waals surface area contributed by atoms with Crippen molar-refractivity contribution in [3.63, 3.8) is 0 Å². The largest absolute Gasteiger partial charge is 0.382 e. The molecule has 0 fully saturated rings. The standard InChI is InChI=1S/C23H12Br2Cl2N6O/c24-12-9-14-18(15(25)10-12)29-21(11-5-2-1-3-6-11)33(22(14)34)23-30-20(28)19(31-32-23)13-7-4-8-16(26)17(13)27/h1-10H,(H2,28,30,32). The summed E-state index contributed by atoms with van der Waals surface area (Å²) in [5.41, 5.74) is 7.81. The zero-order valence-electron chi connectivity index (χ0n) is 17.0. The summed E-state index contributed by atoms with van der Waals surface area (Å²) in [5.74, 6) is 0.361.